The third-order valence-electron chi connectivity index (χ3n) is 3.48. The number of benzene rings is 2. The van der Waals surface area contributed by atoms with E-state index in [1.807, 2.05) is 24.3 Å². The number of amides is 1. The highest BCUT2D eigenvalue weighted by Gasteiger charge is 2.17. The summed E-state index contributed by atoms with van der Waals surface area (Å²) >= 11 is 4.82. The molecule has 1 unspecified atom stereocenters. The van der Waals surface area contributed by atoms with Gasteiger partial charge >= 0.3 is 0 Å². The van der Waals surface area contributed by atoms with Gasteiger partial charge in [-0.1, -0.05) is 21.1 Å². The molecule has 3 aromatic rings. The molecular formula is C18H15BrFN3O2S. The van der Waals surface area contributed by atoms with Crippen molar-refractivity contribution in [2.75, 3.05) is 5.75 Å². The number of carbonyl (C=O) groups is 1. The first kappa shape index (κ1) is 18.6. The maximum absolute atomic E-state index is 13.0. The minimum atomic E-state index is -0.422. The van der Waals surface area contributed by atoms with Crippen molar-refractivity contribution in [1.82, 2.24) is 15.5 Å². The van der Waals surface area contributed by atoms with Crippen molar-refractivity contribution in [3.05, 3.63) is 64.7 Å². The van der Waals surface area contributed by atoms with E-state index in [9.17, 15) is 9.18 Å². The summed E-state index contributed by atoms with van der Waals surface area (Å²) in [4.78, 5) is 17.4. The molecule has 1 N–H and O–H groups in total. The van der Waals surface area contributed by atoms with E-state index >= 15 is 0 Å². The minimum Gasteiger partial charge on any atom is -0.344 e. The summed E-state index contributed by atoms with van der Waals surface area (Å²) in [5.74, 6) is 0.468. The second kappa shape index (κ2) is 8.46. The average Bonchev–Trinajstić information content (AvgIpc) is 3.12. The smallest absolute Gasteiger partial charge is 0.249 e. The predicted octanol–water partition coefficient (Wildman–Crippen LogP) is 4.61. The molecule has 0 aliphatic rings. The Bertz CT molecular complexity index is 884. The number of hydrogen-bond donors (Lipinski definition) is 1. The van der Waals surface area contributed by atoms with Crippen molar-refractivity contribution in [3.63, 3.8) is 0 Å². The predicted molar refractivity (Wildman–Crippen MR) is 101 cm³/mol. The molecule has 2 aromatic carbocycles. The van der Waals surface area contributed by atoms with Gasteiger partial charge in [-0.3, -0.25) is 4.79 Å². The summed E-state index contributed by atoms with van der Waals surface area (Å²) < 4.78 is 19.2. The molecule has 3 rings (SSSR count). The van der Waals surface area contributed by atoms with Gasteiger partial charge in [-0.15, -0.1) is 11.8 Å². The zero-order chi connectivity index (χ0) is 18.5. The molecule has 0 aliphatic heterocycles. The maximum atomic E-state index is 13.0. The Morgan fingerprint density at radius 2 is 1.92 bits per heavy atom. The molecule has 134 valence electrons. The Hall–Kier alpha value is -2.19. The second-order valence-corrected chi connectivity index (χ2v) is 7.46. The summed E-state index contributed by atoms with van der Waals surface area (Å²) in [5, 5.41) is 6.70. The van der Waals surface area contributed by atoms with E-state index in [0.717, 1.165) is 9.37 Å². The van der Waals surface area contributed by atoms with Gasteiger partial charge in [0.15, 0.2) is 0 Å². The number of aromatic nitrogens is 2. The van der Waals surface area contributed by atoms with Crippen molar-refractivity contribution in [2.45, 2.75) is 17.9 Å². The van der Waals surface area contributed by atoms with Crippen LogP contribution in [0, 0.1) is 5.82 Å². The van der Waals surface area contributed by atoms with Crippen LogP contribution in [0.5, 0.6) is 0 Å². The molecule has 0 saturated heterocycles. The van der Waals surface area contributed by atoms with Crippen LogP contribution in [-0.4, -0.2) is 21.8 Å². The summed E-state index contributed by atoms with van der Waals surface area (Å²) in [6, 6.07) is 13.1. The normalized spacial score (nSPS) is 12.0. The number of nitrogens with zero attached hydrogens (tertiary/aromatic N) is 2. The van der Waals surface area contributed by atoms with Crippen LogP contribution in [0.15, 0.2) is 62.4 Å². The summed E-state index contributed by atoms with van der Waals surface area (Å²) in [6.45, 7) is 1.77. The summed E-state index contributed by atoms with van der Waals surface area (Å²) in [5.41, 5.74) is 0.644. The van der Waals surface area contributed by atoms with Gasteiger partial charge in [0.25, 0.3) is 0 Å². The Kier molecular flexibility index (Phi) is 6.05. The number of hydrogen-bond acceptors (Lipinski definition) is 5. The standard InChI is InChI=1S/C18H15BrFN3O2S/c1-11(21-16(24)10-26-15-8-4-13(19)5-9-15)18-22-17(23-25-18)12-2-6-14(20)7-3-12/h2-9,11H,10H2,1H3,(H,21,24). The Morgan fingerprint density at radius 3 is 2.62 bits per heavy atom. The van der Waals surface area contributed by atoms with Crippen molar-refractivity contribution in [3.8, 4) is 11.4 Å². The van der Waals surface area contributed by atoms with Crippen molar-refractivity contribution in [1.29, 1.82) is 0 Å². The van der Waals surface area contributed by atoms with Crippen molar-refractivity contribution in [2.24, 2.45) is 0 Å². The molecule has 0 fully saturated rings. The van der Waals surface area contributed by atoms with Gasteiger partial charge in [0.05, 0.1) is 5.75 Å². The molecular weight excluding hydrogens is 421 g/mol. The molecule has 8 heteroatoms. The van der Waals surface area contributed by atoms with Gasteiger partial charge in [0.2, 0.25) is 17.6 Å². The lowest BCUT2D eigenvalue weighted by Crippen LogP contribution is -2.28. The number of thioether (sulfide) groups is 1. The quantitative estimate of drug-likeness (QED) is 0.572. The van der Waals surface area contributed by atoms with Crippen molar-refractivity contribution < 1.29 is 13.7 Å². The third-order valence-corrected chi connectivity index (χ3v) is 5.02. The topological polar surface area (TPSA) is 68.0 Å². The van der Waals surface area contributed by atoms with Gasteiger partial charge in [-0.2, -0.15) is 4.98 Å². The number of rotatable bonds is 6. The lowest BCUT2D eigenvalue weighted by molar-refractivity contribution is -0.119. The lowest BCUT2D eigenvalue weighted by atomic mass is 10.2. The van der Waals surface area contributed by atoms with Gasteiger partial charge in [0, 0.05) is 14.9 Å². The summed E-state index contributed by atoms with van der Waals surface area (Å²) in [7, 11) is 0. The maximum Gasteiger partial charge on any atom is 0.249 e. The molecule has 0 spiro atoms. The third kappa shape index (κ3) is 4.92. The number of nitrogens with one attached hydrogen (secondary N) is 1. The molecule has 0 radical (unpaired) electrons. The lowest BCUT2D eigenvalue weighted by Gasteiger charge is -2.09. The molecule has 1 atom stereocenters. The fourth-order valence-corrected chi connectivity index (χ4v) is 3.13. The zero-order valence-corrected chi connectivity index (χ0v) is 16.2. The highest BCUT2D eigenvalue weighted by Crippen LogP contribution is 2.21. The SMILES string of the molecule is CC(NC(=O)CSc1ccc(Br)cc1)c1nc(-c2ccc(F)cc2)no1. The minimum absolute atomic E-state index is 0.132. The van der Waals surface area contributed by atoms with E-state index in [2.05, 4.69) is 31.4 Å². The molecule has 1 aromatic heterocycles. The van der Waals surface area contributed by atoms with Gasteiger partial charge in [-0.25, -0.2) is 4.39 Å². The highest BCUT2D eigenvalue weighted by atomic mass is 79.9. The van der Waals surface area contributed by atoms with Gasteiger partial charge in [-0.05, 0) is 55.5 Å². The molecule has 0 saturated carbocycles. The summed E-state index contributed by atoms with van der Waals surface area (Å²) in [6.07, 6.45) is 0. The molecule has 0 bridgehead atoms. The van der Waals surface area contributed by atoms with Crippen LogP contribution in [0.25, 0.3) is 11.4 Å². The monoisotopic (exact) mass is 435 g/mol. The highest BCUT2D eigenvalue weighted by molar-refractivity contribution is 9.10. The Balaban J connectivity index is 1.55. The fourth-order valence-electron chi connectivity index (χ4n) is 2.15. The zero-order valence-electron chi connectivity index (χ0n) is 13.8. The van der Waals surface area contributed by atoms with E-state index in [4.69, 9.17) is 4.52 Å². The van der Waals surface area contributed by atoms with Crippen LogP contribution in [0.4, 0.5) is 4.39 Å². The first-order valence-corrected chi connectivity index (χ1v) is 9.56. The van der Waals surface area contributed by atoms with Crippen LogP contribution < -0.4 is 5.32 Å². The van der Waals surface area contributed by atoms with Crippen LogP contribution in [-0.2, 0) is 4.79 Å². The number of carbonyl (C=O) groups excluding carboxylic acids is 1. The van der Waals surface area contributed by atoms with E-state index in [0.29, 0.717) is 17.3 Å². The van der Waals surface area contributed by atoms with E-state index in [1.54, 1.807) is 19.1 Å². The van der Waals surface area contributed by atoms with Crippen LogP contribution in [0.2, 0.25) is 0 Å². The first-order chi connectivity index (χ1) is 12.5. The van der Waals surface area contributed by atoms with E-state index < -0.39 is 6.04 Å². The van der Waals surface area contributed by atoms with Crippen LogP contribution >= 0.6 is 27.7 Å². The van der Waals surface area contributed by atoms with E-state index in [1.165, 1.54) is 23.9 Å². The van der Waals surface area contributed by atoms with Gasteiger partial charge < -0.3 is 9.84 Å². The largest absolute Gasteiger partial charge is 0.344 e. The average molecular weight is 436 g/mol. The molecule has 1 amide bonds. The van der Waals surface area contributed by atoms with Gasteiger partial charge in [0.1, 0.15) is 11.9 Å². The van der Waals surface area contributed by atoms with Crippen LogP contribution in [0.3, 0.4) is 0 Å². The van der Waals surface area contributed by atoms with E-state index in [-0.39, 0.29) is 17.5 Å². The Morgan fingerprint density at radius 1 is 1.23 bits per heavy atom. The first-order valence-electron chi connectivity index (χ1n) is 7.78. The number of halogens is 2. The molecule has 0 aliphatic carbocycles. The molecule has 1 heterocycles. The Labute approximate surface area is 162 Å². The second-order valence-electron chi connectivity index (χ2n) is 5.49. The fraction of sp³-hybridized carbons (Fsp3) is 0.167. The van der Waals surface area contributed by atoms with Crippen LogP contribution in [0.1, 0.15) is 18.9 Å². The molecule has 26 heavy (non-hydrogen) atoms. The molecule has 5 nitrogen and oxygen atoms in total. The van der Waals surface area contributed by atoms with Crippen molar-refractivity contribution >= 4 is 33.6 Å².